The molecule has 9 heteroatoms. The molecule has 0 saturated heterocycles. The van der Waals surface area contributed by atoms with Gasteiger partial charge in [0.05, 0.1) is 44.8 Å². The van der Waals surface area contributed by atoms with Crippen molar-refractivity contribution < 1.29 is 33.6 Å². The van der Waals surface area contributed by atoms with Crippen LogP contribution in [-0.4, -0.2) is 49.4 Å². The van der Waals surface area contributed by atoms with Gasteiger partial charge in [0.25, 0.3) is 0 Å². The molecule has 0 amide bonds. The number of rotatable bonds is 13. The van der Waals surface area contributed by atoms with Gasteiger partial charge in [0.1, 0.15) is 11.5 Å². The smallest absolute Gasteiger partial charge is 0.196 e. The minimum absolute atomic E-state index is 0. The Morgan fingerprint density at radius 3 is 1.94 bits per heavy atom. The Morgan fingerprint density at radius 1 is 0.702 bits per heavy atom. The standard InChI is InChI=1S/C24H29NO4.C14H12O3.ClH/c1-5-26-21-10-9-17(14-22(21)27-6-2)13-20-19-16-24(29-8-4)23(28-7-3)15-18(19)11-12-25-20;1-17-11-7-8-12(13(15)9-11)14(16)10-5-3-2-4-6-10;/h9-12,14-16H,5-8,13H2,1-4H3;2-9,15H,1H3;1H. The molecule has 0 atom stereocenters. The minimum atomic E-state index is -0.203. The number of halogens is 1. The van der Waals surface area contributed by atoms with Crippen LogP contribution in [0.2, 0.25) is 0 Å². The molecule has 8 nitrogen and oxygen atoms in total. The van der Waals surface area contributed by atoms with Crippen molar-refractivity contribution in [1.29, 1.82) is 0 Å². The van der Waals surface area contributed by atoms with E-state index < -0.39 is 0 Å². The molecule has 0 aliphatic carbocycles. The van der Waals surface area contributed by atoms with Crippen molar-refractivity contribution in [2.24, 2.45) is 0 Å². The molecule has 0 unspecified atom stereocenters. The number of carbonyl (C=O) groups excluding carboxylic acids is 1. The van der Waals surface area contributed by atoms with Crippen LogP contribution in [0.25, 0.3) is 10.8 Å². The first-order valence-corrected chi connectivity index (χ1v) is 15.4. The quantitative estimate of drug-likeness (QED) is 0.126. The Bertz CT molecular complexity index is 1740. The van der Waals surface area contributed by atoms with E-state index in [4.69, 9.17) is 23.7 Å². The van der Waals surface area contributed by atoms with Gasteiger partial charge in [-0.25, -0.2) is 0 Å². The van der Waals surface area contributed by atoms with Gasteiger partial charge in [-0.15, -0.1) is 12.4 Å². The Hall–Kier alpha value is -4.95. The number of hydrogen-bond acceptors (Lipinski definition) is 8. The lowest BCUT2D eigenvalue weighted by atomic mass is 10.0. The highest BCUT2D eigenvalue weighted by Gasteiger charge is 2.15. The minimum Gasteiger partial charge on any atom is -0.507 e. The fourth-order valence-electron chi connectivity index (χ4n) is 4.89. The Kier molecular flexibility index (Phi) is 14.2. The molecular weight excluding hydrogens is 618 g/mol. The highest BCUT2D eigenvalue weighted by Crippen LogP contribution is 2.35. The van der Waals surface area contributed by atoms with Gasteiger partial charge in [-0.05, 0) is 81.1 Å². The third kappa shape index (κ3) is 9.53. The zero-order chi connectivity index (χ0) is 32.9. The molecule has 0 spiro atoms. The summed E-state index contributed by atoms with van der Waals surface area (Å²) in [5.74, 6) is 3.29. The van der Waals surface area contributed by atoms with Gasteiger partial charge in [-0.3, -0.25) is 9.78 Å². The third-order valence-corrected chi connectivity index (χ3v) is 6.98. The number of phenolic OH excluding ortho intramolecular Hbond substituents is 1. The molecule has 5 aromatic rings. The van der Waals surface area contributed by atoms with E-state index >= 15 is 0 Å². The molecule has 0 fully saturated rings. The van der Waals surface area contributed by atoms with Crippen LogP contribution in [0.3, 0.4) is 0 Å². The maximum Gasteiger partial charge on any atom is 0.196 e. The Morgan fingerprint density at radius 2 is 1.32 bits per heavy atom. The van der Waals surface area contributed by atoms with Crippen LogP contribution in [0.5, 0.6) is 34.5 Å². The summed E-state index contributed by atoms with van der Waals surface area (Å²) in [7, 11) is 1.51. The Labute approximate surface area is 282 Å². The lowest BCUT2D eigenvalue weighted by molar-refractivity contribution is 0.103. The van der Waals surface area contributed by atoms with Crippen LogP contribution < -0.4 is 23.7 Å². The van der Waals surface area contributed by atoms with E-state index in [9.17, 15) is 9.90 Å². The normalized spacial score (nSPS) is 10.2. The predicted octanol–water partition coefficient (Wildman–Crippen LogP) is 8.47. The van der Waals surface area contributed by atoms with Crippen LogP contribution in [0.4, 0.5) is 0 Å². The second-order valence-corrected chi connectivity index (χ2v) is 10.0. The molecule has 248 valence electrons. The predicted molar refractivity (Wildman–Crippen MR) is 187 cm³/mol. The summed E-state index contributed by atoms with van der Waals surface area (Å²) in [6.07, 6.45) is 2.52. The van der Waals surface area contributed by atoms with Crippen molar-refractivity contribution in [2.75, 3.05) is 33.5 Å². The van der Waals surface area contributed by atoms with Crippen LogP contribution in [0.1, 0.15) is 54.9 Å². The van der Waals surface area contributed by atoms with Gasteiger partial charge in [0, 0.05) is 29.6 Å². The first kappa shape index (κ1) is 36.5. The fraction of sp³-hybridized carbons (Fsp3) is 0.263. The number of fused-ring (bicyclic) bond motifs is 1. The van der Waals surface area contributed by atoms with E-state index in [1.54, 1.807) is 36.4 Å². The number of phenols is 1. The lowest BCUT2D eigenvalue weighted by Gasteiger charge is -2.15. The molecule has 1 aromatic heterocycles. The van der Waals surface area contributed by atoms with Gasteiger partial charge in [0.15, 0.2) is 28.8 Å². The molecule has 1 N–H and O–H groups in total. The molecule has 0 radical (unpaired) electrons. The Balaban J connectivity index is 0.000000284. The van der Waals surface area contributed by atoms with Crippen molar-refractivity contribution in [2.45, 2.75) is 34.1 Å². The van der Waals surface area contributed by atoms with Gasteiger partial charge >= 0.3 is 0 Å². The molecule has 0 aliphatic rings. The summed E-state index contributed by atoms with van der Waals surface area (Å²) < 4.78 is 28.0. The fourth-order valence-corrected chi connectivity index (χ4v) is 4.89. The van der Waals surface area contributed by atoms with Gasteiger partial charge < -0.3 is 28.8 Å². The van der Waals surface area contributed by atoms with E-state index in [1.165, 1.54) is 13.2 Å². The second-order valence-electron chi connectivity index (χ2n) is 10.0. The summed E-state index contributed by atoms with van der Waals surface area (Å²) >= 11 is 0. The van der Waals surface area contributed by atoms with Crippen molar-refractivity contribution in [3.05, 3.63) is 114 Å². The third-order valence-electron chi connectivity index (χ3n) is 6.98. The van der Waals surface area contributed by atoms with Gasteiger partial charge in [0.2, 0.25) is 0 Å². The molecule has 0 bridgehead atoms. The van der Waals surface area contributed by atoms with Gasteiger partial charge in [-0.1, -0.05) is 36.4 Å². The number of ketones is 1. The molecule has 4 aromatic carbocycles. The summed E-state index contributed by atoms with van der Waals surface area (Å²) in [6.45, 7) is 10.3. The molecule has 0 saturated carbocycles. The molecular formula is C38H42ClNO7. The average molecular weight is 660 g/mol. The number of aromatic nitrogens is 1. The van der Waals surface area contributed by atoms with Crippen LogP contribution in [-0.2, 0) is 6.42 Å². The number of carbonyl (C=O) groups is 1. The number of benzene rings is 4. The maximum atomic E-state index is 12.1. The van der Waals surface area contributed by atoms with Gasteiger partial charge in [-0.2, -0.15) is 0 Å². The average Bonchev–Trinajstić information content (AvgIpc) is 3.07. The summed E-state index contributed by atoms with van der Waals surface area (Å²) in [4.78, 5) is 16.7. The van der Waals surface area contributed by atoms with Crippen molar-refractivity contribution in [3.63, 3.8) is 0 Å². The molecule has 47 heavy (non-hydrogen) atoms. The number of nitrogens with zero attached hydrogens (tertiary/aromatic N) is 1. The van der Waals surface area contributed by atoms with Crippen molar-refractivity contribution in [3.8, 4) is 34.5 Å². The van der Waals surface area contributed by atoms with E-state index in [1.807, 2.05) is 70.3 Å². The molecule has 5 rings (SSSR count). The summed E-state index contributed by atoms with van der Waals surface area (Å²) in [5.41, 5.74) is 2.92. The van der Waals surface area contributed by atoms with E-state index in [2.05, 4.69) is 11.1 Å². The SMILES string of the molecule is CCOc1ccc(Cc2nccc3cc(OCC)c(OCC)cc23)cc1OCC.COc1ccc(C(=O)c2ccccc2)c(O)c1.Cl. The summed E-state index contributed by atoms with van der Waals surface area (Å²) in [6, 6.07) is 25.6. The number of aromatic hydroxyl groups is 1. The first-order chi connectivity index (χ1) is 22.4. The zero-order valence-corrected chi connectivity index (χ0v) is 28.3. The summed E-state index contributed by atoms with van der Waals surface area (Å²) in [5, 5.41) is 11.9. The van der Waals surface area contributed by atoms with Crippen molar-refractivity contribution in [1.82, 2.24) is 4.98 Å². The van der Waals surface area contributed by atoms with E-state index in [0.29, 0.717) is 44.2 Å². The number of pyridine rings is 1. The van der Waals surface area contributed by atoms with Crippen LogP contribution in [0, 0.1) is 0 Å². The van der Waals surface area contributed by atoms with Crippen LogP contribution in [0.15, 0.2) is 91.1 Å². The monoisotopic (exact) mass is 659 g/mol. The first-order valence-electron chi connectivity index (χ1n) is 15.4. The number of methoxy groups -OCH3 is 1. The molecule has 1 heterocycles. The van der Waals surface area contributed by atoms with Crippen molar-refractivity contribution >= 4 is 29.0 Å². The largest absolute Gasteiger partial charge is 0.507 e. The number of hydrogen-bond donors (Lipinski definition) is 1. The highest BCUT2D eigenvalue weighted by molar-refractivity contribution is 6.10. The lowest BCUT2D eigenvalue weighted by Crippen LogP contribution is -2.01. The zero-order valence-electron chi connectivity index (χ0n) is 27.4. The van der Waals surface area contributed by atoms with Crippen LogP contribution >= 0.6 is 12.4 Å². The molecule has 0 aliphatic heterocycles. The maximum absolute atomic E-state index is 12.1. The van der Waals surface area contributed by atoms with E-state index in [-0.39, 0.29) is 29.5 Å². The highest BCUT2D eigenvalue weighted by atomic mass is 35.5. The number of ether oxygens (including phenoxy) is 5. The topological polar surface area (TPSA) is 96.3 Å². The van der Waals surface area contributed by atoms with E-state index in [0.717, 1.165) is 45.0 Å². The second kappa shape index (κ2) is 18.3.